The molecule has 1 aliphatic carbocycles. The molecular formula is C15H25NS. The van der Waals surface area contributed by atoms with Crippen molar-refractivity contribution in [3.63, 3.8) is 0 Å². The minimum Gasteiger partial charge on any atom is -0.309 e. The average Bonchev–Trinajstić information content (AvgIpc) is 2.99. The largest absolute Gasteiger partial charge is 0.309 e. The number of aryl methyl sites for hydroxylation is 1. The molecule has 1 heterocycles. The minimum atomic E-state index is 0.529. The molecule has 1 saturated carbocycles. The Morgan fingerprint density at radius 2 is 2.12 bits per heavy atom. The van der Waals surface area contributed by atoms with E-state index < -0.39 is 0 Å². The summed E-state index contributed by atoms with van der Waals surface area (Å²) >= 11 is 1.96. The van der Waals surface area contributed by atoms with Crippen molar-refractivity contribution in [1.82, 2.24) is 5.32 Å². The average molecular weight is 251 g/mol. The second-order valence-electron chi connectivity index (χ2n) is 5.27. The predicted molar refractivity (Wildman–Crippen MR) is 76.7 cm³/mol. The predicted octanol–water partition coefficient (Wildman–Crippen LogP) is 4.54. The highest BCUT2D eigenvalue weighted by atomic mass is 32.1. The van der Waals surface area contributed by atoms with Gasteiger partial charge in [-0.3, -0.25) is 0 Å². The molecule has 1 nitrogen and oxygen atoms in total. The number of rotatable bonds is 6. The normalized spacial score (nSPS) is 18.7. The molecule has 0 radical (unpaired) electrons. The van der Waals surface area contributed by atoms with Crippen LogP contribution in [0.3, 0.4) is 0 Å². The monoisotopic (exact) mass is 251 g/mol. The van der Waals surface area contributed by atoms with Crippen LogP contribution in [-0.2, 0) is 6.42 Å². The SMILES string of the molecule is CCc1ccc(C(C)NCCC2CCCC2)s1. The summed E-state index contributed by atoms with van der Waals surface area (Å²) in [6, 6.07) is 5.09. The van der Waals surface area contributed by atoms with Gasteiger partial charge in [-0.1, -0.05) is 32.6 Å². The molecule has 1 aromatic heterocycles. The zero-order chi connectivity index (χ0) is 12.1. The van der Waals surface area contributed by atoms with E-state index in [1.807, 2.05) is 11.3 Å². The number of hydrogen-bond acceptors (Lipinski definition) is 2. The Kier molecular flexibility index (Phi) is 5.05. The highest BCUT2D eigenvalue weighted by Crippen LogP contribution is 2.28. The number of thiophene rings is 1. The van der Waals surface area contributed by atoms with Crippen LogP contribution >= 0.6 is 11.3 Å². The van der Waals surface area contributed by atoms with Gasteiger partial charge >= 0.3 is 0 Å². The van der Waals surface area contributed by atoms with E-state index in [-0.39, 0.29) is 0 Å². The molecular weight excluding hydrogens is 226 g/mol. The topological polar surface area (TPSA) is 12.0 Å². The van der Waals surface area contributed by atoms with Gasteiger partial charge in [0.15, 0.2) is 0 Å². The van der Waals surface area contributed by atoms with Gasteiger partial charge in [0.25, 0.3) is 0 Å². The van der Waals surface area contributed by atoms with E-state index >= 15 is 0 Å². The van der Waals surface area contributed by atoms with E-state index in [1.165, 1.54) is 54.8 Å². The molecule has 0 aromatic carbocycles. The van der Waals surface area contributed by atoms with Crippen LogP contribution in [0.25, 0.3) is 0 Å². The van der Waals surface area contributed by atoms with Gasteiger partial charge < -0.3 is 5.32 Å². The Labute approximate surface area is 110 Å². The van der Waals surface area contributed by atoms with Crippen LogP contribution in [0.2, 0.25) is 0 Å². The Balaban J connectivity index is 1.70. The molecule has 0 aliphatic heterocycles. The first kappa shape index (κ1) is 13.1. The molecule has 2 heteroatoms. The van der Waals surface area contributed by atoms with Crippen LogP contribution in [-0.4, -0.2) is 6.54 Å². The Bertz CT molecular complexity index is 325. The minimum absolute atomic E-state index is 0.529. The summed E-state index contributed by atoms with van der Waals surface area (Å²) in [5.74, 6) is 1.00. The molecule has 0 amide bonds. The molecule has 1 atom stereocenters. The van der Waals surface area contributed by atoms with Crippen LogP contribution in [0.5, 0.6) is 0 Å². The van der Waals surface area contributed by atoms with Gasteiger partial charge in [0.2, 0.25) is 0 Å². The Morgan fingerprint density at radius 1 is 1.35 bits per heavy atom. The molecule has 2 rings (SSSR count). The third-order valence-electron chi connectivity index (χ3n) is 3.94. The smallest absolute Gasteiger partial charge is 0.0386 e. The van der Waals surface area contributed by atoms with E-state index in [9.17, 15) is 0 Å². The van der Waals surface area contributed by atoms with Gasteiger partial charge in [-0.25, -0.2) is 0 Å². The third-order valence-corrected chi connectivity index (χ3v) is 5.35. The first-order valence-electron chi connectivity index (χ1n) is 7.11. The lowest BCUT2D eigenvalue weighted by Crippen LogP contribution is -2.20. The molecule has 1 aromatic rings. The van der Waals surface area contributed by atoms with E-state index in [0.717, 1.165) is 5.92 Å². The van der Waals surface area contributed by atoms with E-state index in [2.05, 4.69) is 31.3 Å². The zero-order valence-corrected chi connectivity index (χ0v) is 12.0. The fraction of sp³-hybridized carbons (Fsp3) is 0.733. The maximum Gasteiger partial charge on any atom is 0.0386 e. The third kappa shape index (κ3) is 3.82. The lowest BCUT2D eigenvalue weighted by Gasteiger charge is -2.14. The van der Waals surface area contributed by atoms with E-state index in [1.54, 1.807) is 0 Å². The number of nitrogens with one attached hydrogen (secondary N) is 1. The molecule has 1 unspecified atom stereocenters. The van der Waals surface area contributed by atoms with Crippen LogP contribution in [0, 0.1) is 5.92 Å². The molecule has 0 saturated heterocycles. The van der Waals surface area contributed by atoms with Crippen molar-refractivity contribution in [1.29, 1.82) is 0 Å². The van der Waals surface area contributed by atoms with E-state index in [0.29, 0.717) is 6.04 Å². The first-order valence-corrected chi connectivity index (χ1v) is 7.93. The first-order chi connectivity index (χ1) is 8.29. The molecule has 1 aliphatic rings. The van der Waals surface area contributed by atoms with Gasteiger partial charge in [-0.05, 0) is 44.4 Å². The van der Waals surface area contributed by atoms with Crippen LogP contribution in [0.1, 0.15) is 61.7 Å². The fourth-order valence-corrected chi connectivity index (χ4v) is 3.70. The van der Waals surface area contributed by atoms with Crippen molar-refractivity contribution in [3.05, 3.63) is 21.9 Å². The highest BCUT2D eigenvalue weighted by molar-refractivity contribution is 7.12. The zero-order valence-electron chi connectivity index (χ0n) is 11.2. The number of hydrogen-bond donors (Lipinski definition) is 1. The molecule has 0 bridgehead atoms. The van der Waals surface area contributed by atoms with Gasteiger partial charge in [0.1, 0.15) is 0 Å². The van der Waals surface area contributed by atoms with Crippen LogP contribution < -0.4 is 5.32 Å². The van der Waals surface area contributed by atoms with Crippen LogP contribution in [0.15, 0.2) is 12.1 Å². The van der Waals surface area contributed by atoms with Gasteiger partial charge in [-0.2, -0.15) is 0 Å². The van der Waals surface area contributed by atoms with Crippen molar-refractivity contribution in [2.45, 2.75) is 58.4 Å². The van der Waals surface area contributed by atoms with E-state index in [4.69, 9.17) is 0 Å². The lowest BCUT2D eigenvalue weighted by molar-refractivity contribution is 0.457. The summed E-state index contributed by atoms with van der Waals surface area (Å²) in [4.78, 5) is 3.00. The van der Waals surface area contributed by atoms with Gasteiger partial charge in [0.05, 0.1) is 0 Å². The Morgan fingerprint density at radius 3 is 2.76 bits per heavy atom. The molecule has 0 spiro atoms. The second-order valence-corrected chi connectivity index (χ2v) is 6.47. The fourth-order valence-electron chi connectivity index (χ4n) is 2.72. The summed E-state index contributed by atoms with van der Waals surface area (Å²) in [7, 11) is 0. The molecule has 1 fully saturated rings. The van der Waals surface area contributed by atoms with Gasteiger partial charge in [0, 0.05) is 15.8 Å². The van der Waals surface area contributed by atoms with Crippen molar-refractivity contribution in [3.8, 4) is 0 Å². The highest BCUT2D eigenvalue weighted by Gasteiger charge is 2.15. The van der Waals surface area contributed by atoms with Crippen molar-refractivity contribution < 1.29 is 0 Å². The Hall–Kier alpha value is -0.340. The summed E-state index contributed by atoms with van der Waals surface area (Å²) in [6.07, 6.45) is 8.40. The second kappa shape index (κ2) is 6.55. The standard InChI is InChI=1S/C15H25NS/c1-3-14-8-9-15(17-14)12(2)16-11-10-13-6-4-5-7-13/h8-9,12-13,16H,3-7,10-11H2,1-2H3. The lowest BCUT2D eigenvalue weighted by atomic mass is 10.0. The quantitative estimate of drug-likeness (QED) is 0.782. The molecule has 96 valence electrons. The van der Waals surface area contributed by atoms with Crippen LogP contribution in [0.4, 0.5) is 0 Å². The summed E-state index contributed by atoms with van der Waals surface area (Å²) < 4.78 is 0. The van der Waals surface area contributed by atoms with Crippen molar-refractivity contribution >= 4 is 11.3 Å². The van der Waals surface area contributed by atoms with Crippen molar-refractivity contribution in [2.24, 2.45) is 5.92 Å². The maximum atomic E-state index is 3.67. The molecule has 1 N–H and O–H groups in total. The van der Waals surface area contributed by atoms with Crippen molar-refractivity contribution in [2.75, 3.05) is 6.54 Å². The summed E-state index contributed by atoms with van der Waals surface area (Å²) in [6.45, 7) is 5.71. The van der Waals surface area contributed by atoms with Gasteiger partial charge in [-0.15, -0.1) is 11.3 Å². The summed E-state index contributed by atoms with van der Waals surface area (Å²) in [5, 5.41) is 3.67. The molecule has 17 heavy (non-hydrogen) atoms. The summed E-state index contributed by atoms with van der Waals surface area (Å²) in [5.41, 5.74) is 0. The maximum absolute atomic E-state index is 3.67.